The van der Waals surface area contributed by atoms with Gasteiger partial charge in [0.15, 0.2) is 0 Å². The van der Waals surface area contributed by atoms with Crippen LogP contribution < -0.4 is 5.32 Å². The summed E-state index contributed by atoms with van der Waals surface area (Å²) in [6.07, 6.45) is 0.695. The van der Waals surface area contributed by atoms with Gasteiger partial charge in [0.1, 0.15) is 11.9 Å². The van der Waals surface area contributed by atoms with E-state index in [1.54, 1.807) is 0 Å². The molecule has 7 nitrogen and oxygen atoms in total. The van der Waals surface area contributed by atoms with Crippen molar-refractivity contribution < 1.29 is 27.1 Å². The van der Waals surface area contributed by atoms with E-state index in [2.05, 4.69) is 10.1 Å². The first-order chi connectivity index (χ1) is 11.8. The molecular formula is C16H21FN2O5S. The Morgan fingerprint density at radius 1 is 1.24 bits per heavy atom. The zero-order chi connectivity index (χ0) is 18.6. The zero-order valence-corrected chi connectivity index (χ0v) is 14.9. The number of methoxy groups -OCH3 is 1. The van der Waals surface area contributed by atoms with Crippen LogP contribution in [0.25, 0.3) is 0 Å². The van der Waals surface area contributed by atoms with Crippen LogP contribution in [0.2, 0.25) is 0 Å². The minimum Gasteiger partial charge on any atom is -0.467 e. The number of benzene rings is 1. The summed E-state index contributed by atoms with van der Waals surface area (Å²) in [6.45, 7) is 1.90. The van der Waals surface area contributed by atoms with Gasteiger partial charge in [0.05, 0.1) is 12.0 Å². The lowest BCUT2D eigenvalue weighted by Crippen LogP contribution is -2.46. The molecule has 1 N–H and O–H groups in total. The summed E-state index contributed by atoms with van der Waals surface area (Å²) >= 11 is 0. The number of ether oxygens (including phenoxy) is 1. The molecule has 0 spiro atoms. The van der Waals surface area contributed by atoms with Gasteiger partial charge in [0.25, 0.3) is 0 Å². The van der Waals surface area contributed by atoms with Crippen molar-refractivity contribution in [2.75, 3.05) is 20.2 Å². The second-order valence-corrected chi connectivity index (χ2v) is 7.82. The van der Waals surface area contributed by atoms with Crippen LogP contribution in [0.3, 0.4) is 0 Å². The maximum atomic E-state index is 13.0. The second-order valence-electron chi connectivity index (χ2n) is 5.89. The van der Waals surface area contributed by atoms with Gasteiger partial charge in [-0.1, -0.05) is 0 Å². The molecule has 1 atom stereocenters. The monoisotopic (exact) mass is 372 g/mol. The molecule has 1 aliphatic rings. The van der Waals surface area contributed by atoms with Crippen molar-refractivity contribution in [2.45, 2.75) is 30.7 Å². The third-order valence-electron chi connectivity index (χ3n) is 4.19. The SMILES string of the molecule is COC(=O)C(C)NC(=O)C1CCN(S(=O)(=O)c2ccc(F)cc2)CC1. The molecule has 0 aliphatic carbocycles. The maximum absolute atomic E-state index is 13.0. The molecule has 0 bridgehead atoms. The van der Waals surface area contributed by atoms with Gasteiger partial charge in [-0.3, -0.25) is 4.79 Å². The molecular weight excluding hydrogens is 351 g/mol. The van der Waals surface area contributed by atoms with E-state index in [0.717, 1.165) is 12.1 Å². The molecule has 0 aromatic heterocycles. The largest absolute Gasteiger partial charge is 0.467 e. The van der Waals surface area contributed by atoms with Gasteiger partial charge in [-0.15, -0.1) is 0 Å². The minimum absolute atomic E-state index is 0.0242. The van der Waals surface area contributed by atoms with Crippen molar-refractivity contribution in [3.05, 3.63) is 30.1 Å². The molecule has 1 aromatic rings. The number of rotatable bonds is 5. The molecule has 138 valence electrons. The highest BCUT2D eigenvalue weighted by molar-refractivity contribution is 7.89. The average Bonchev–Trinajstić information content (AvgIpc) is 2.61. The van der Waals surface area contributed by atoms with E-state index >= 15 is 0 Å². The van der Waals surface area contributed by atoms with Gasteiger partial charge < -0.3 is 10.1 Å². The number of sulfonamides is 1. The number of amides is 1. The second kappa shape index (κ2) is 7.92. The summed E-state index contributed by atoms with van der Waals surface area (Å²) in [5.41, 5.74) is 0. The average molecular weight is 372 g/mol. The fourth-order valence-corrected chi connectivity index (χ4v) is 4.15. The van der Waals surface area contributed by atoms with E-state index < -0.39 is 27.9 Å². The number of esters is 1. The predicted octanol–water partition coefficient (Wildman–Crippen LogP) is 0.904. The number of carbonyl (C=O) groups is 2. The van der Waals surface area contributed by atoms with Gasteiger partial charge >= 0.3 is 5.97 Å². The van der Waals surface area contributed by atoms with Gasteiger partial charge in [-0.25, -0.2) is 17.6 Å². The lowest BCUT2D eigenvalue weighted by molar-refractivity contribution is -0.145. The van der Waals surface area contributed by atoms with Gasteiger partial charge in [0.2, 0.25) is 15.9 Å². The normalized spacial score (nSPS) is 17.7. The minimum atomic E-state index is -3.71. The van der Waals surface area contributed by atoms with E-state index in [9.17, 15) is 22.4 Å². The molecule has 1 aromatic carbocycles. The molecule has 1 fully saturated rings. The number of carbonyl (C=O) groups excluding carboxylic acids is 2. The molecule has 0 saturated carbocycles. The molecule has 0 radical (unpaired) electrons. The Morgan fingerprint density at radius 3 is 2.32 bits per heavy atom. The Labute approximate surface area is 146 Å². The van der Waals surface area contributed by atoms with E-state index in [1.807, 2.05) is 0 Å². The lowest BCUT2D eigenvalue weighted by atomic mass is 9.97. The number of nitrogens with zero attached hydrogens (tertiary/aromatic N) is 1. The van der Waals surface area contributed by atoms with Crippen molar-refractivity contribution in [1.82, 2.24) is 9.62 Å². The number of piperidine rings is 1. The van der Waals surface area contributed by atoms with Crippen LogP contribution >= 0.6 is 0 Å². The smallest absolute Gasteiger partial charge is 0.328 e. The predicted molar refractivity (Wildman–Crippen MR) is 87.5 cm³/mol. The van der Waals surface area contributed by atoms with Crippen LogP contribution in [0.1, 0.15) is 19.8 Å². The first kappa shape index (κ1) is 19.3. The maximum Gasteiger partial charge on any atom is 0.328 e. The van der Waals surface area contributed by atoms with E-state index in [4.69, 9.17) is 0 Å². The highest BCUT2D eigenvalue weighted by Crippen LogP contribution is 2.24. The molecule has 1 amide bonds. The van der Waals surface area contributed by atoms with Crippen LogP contribution in [0.15, 0.2) is 29.2 Å². The molecule has 25 heavy (non-hydrogen) atoms. The van der Waals surface area contributed by atoms with Crippen LogP contribution in [0.5, 0.6) is 0 Å². The van der Waals surface area contributed by atoms with Gasteiger partial charge in [0, 0.05) is 19.0 Å². The van der Waals surface area contributed by atoms with Crippen molar-refractivity contribution in [3.8, 4) is 0 Å². The van der Waals surface area contributed by atoms with E-state index in [0.29, 0.717) is 12.8 Å². The summed E-state index contributed by atoms with van der Waals surface area (Å²) in [4.78, 5) is 23.5. The fraction of sp³-hybridized carbons (Fsp3) is 0.500. The van der Waals surface area contributed by atoms with Gasteiger partial charge in [-0.05, 0) is 44.0 Å². The van der Waals surface area contributed by atoms with Gasteiger partial charge in [-0.2, -0.15) is 4.31 Å². The molecule has 1 heterocycles. The summed E-state index contributed by atoms with van der Waals surface area (Å²) < 4.78 is 43.8. The Hall–Kier alpha value is -2.00. The van der Waals surface area contributed by atoms with Crippen molar-refractivity contribution >= 4 is 21.9 Å². The number of halogens is 1. The van der Waals surface area contributed by atoms with Crippen molar-refractivity contribution in [3.63, 3.8) is 0 Å². The van der Waals surface area contributed by atoms with Crippen molar-refractivity contribution in [2.24, 2.45) is 5.92 Å². The van der Waals surface area contributed by atoms with E-state index in [-0.39, 0.29) is 29.8 Å². The third-order valence-corrected chi connectivity index (χ3v) is 6.10. The molecule has 9 heteroatoms. The number of hydrogen-bond acceptors (Lipinski definition) is 5. The highest BCUT2D eigenvalue weighted by Gasteiger charge is 2.33. The Morgan fingerprint density at radius 2 is 1.80 bits per heavy atom. The third kappa shape index (κ3) is 4.55. The quantitative estimate of drug-likeness (QED) is 0.776. The summed E-state index contributed by atoms with van der Waals surface area (Å²) in [5.74, 6) is -1.71. The first-order valence-electron chi connectivity index (χ1n) is 7.89. The number of hydrogen-bond donors (Lipinski definition) is 1. The Kier molecular flexibility index (Phi) is 6.12. The first-order valence-corrected chi connectivity index (χ1v) is 9.33. The van der Waals surface area contributed by atoms with Crippen LogP contribution in [-0.4, -0.2) is 50.8 Å². The number of nitrogens with one attached hydrogen (secondary N) is 1. The van der Waals surface area contributed by atoms with E-state index in [1.165, 1.54) is 30.5 Å². The fourth-order valence-electron chi connectivity index (χ4n) is 2.68. The Bertz CT molecular complexity index is 727. The summed E-state index contributed by atoms with van der Waals surface area (Å²) in [7, 11) is -2.47. The lowest BCUT2D eigenvalue weighted by Gasteiger charge is -2.31. The van der Waals surface area contributed by atoms with Crippen LogP contribution in [0.4, 0.5) is 4.39 Å². The van der Waals surface area contributed by atoms with Crippen LogP contribution in [-0.2, 0) is 24.3 Å². The summed E-state index contributed by atoms with van der Waals surface area (Å²) in [6, 6.07) is 3.89. The molecule has 1 saturated heterocycles. The molecule has 1 unspecified atom stereocenters. The summed E-state index contributed by atoms with van der Waals surface area (Å²) in [5, 5.41) is 2.57. The molecule has 1 aliphatic heterocycles. The highest BCUT2D eigenvalue weighted by atomic mass is 32.2. The molecule has 2 rings (SSSR count). The van der Waals surface area contributed by atoms with Crippen molar-refractivity contribution in [1.29, 1.82) is 0 Å². The van der Waals surface area contributed by atoms with Crippen LogP contribution in [0, 0.1) is 11.7 Å². The topological polar surface area (TPSA) is 92.8 Å². The Balaban J connectivity index is 1.96. The zero-order valence-electron chi connectivity index (χ0n) is 14.1. The standard InChI is InChI=1S/C16H21FN2O5S/c1-11(16(21)24-2)18-15(20)12-7-9-19(10-8-12)25(22,23)14-5-3-13(17)4-6-14/h3-6,11-12H,7-10H2,1-2H3,(H,18,20).